The number of hydrogen-bond donors (Lipinski definition) is 1. The van der Waals surface area contributed by atoms with Gasteiger partial charge < -0.3 is 19.1 Å². The fraction of sp³-hybridized carbons (Fsp3) is 0.381. The van der Waals surface area contributed by atoms with Crippen molar-refractivity contribution in [3.05, 3.63) is 52.9 Å². The minimum Gasteiger partial charge on any atom is -0.493 e. The van der Waals surface area contributed by atoms with Gasteiger partial charge in [0.05, 0.1) is 17.2 Å². The van der Waals surface area contributed by atoms with Gasteiger partial charge in [-0.25, -0.2) is 0 Å². The van der Waals surface area contributed by atoms with Crippen molar-refractivity contribution in [2.24, 2.45) is 0 Å². The molecule has 29 heavy (non-hydrogen) atoms. The molecular weight excluding hydrogens is 392 g/mol. The van der Waals surface area contributed by atoms with Crippen molar-refractivity contribution in [3.63, 3.8) is 0 Å². The SMILES string of the molecule is CCOc1ccccc1C(=O)N1C[C@@H](c2noc(-c3cc(Cl)c[nH]3)n2)CC[C@H]1C. The lowest BCUT2D eigenvalue weighted by molar-refractivity contribution is 0.0600. The number of carbonyl (C=O) groups excluding carboxylic acids is 1. The largest absolute Gasteiger partial charge is 0.493 e. The zero-order chi connectivity index (χ0) is 20.4. The van der Waals surface area contributed by atoms with Crippen LogP contribution in [-0.2, 0) is 0 Å². The van der Waals surface area contributed by atoms with E-state index in [9.17, 15) is 4.79 Å². The number of nitrogens with zero attached hydrogens (tertiary/aromatic N) is 3. The molecule has 1 N–H and O–H groups in total. The van der Waals surface area contributed by atoms with Gasteiger partial charge in [0, 0.05) is 24.7 Å². The second-order valence-corrected chi connectivity index (χ2v) is 7.64. The Kier molecular flexibility index (Phi) is 5.58. The van der Waals surface area contributed by atoms with Crippen molar-refractivity contribution in [1.29, 1.82) is 0 Å². The maximum Gasteiger partial charge on any atom is 0.274 e. The average Bonchev–Trinajstić information content (AvgIpc) is 3.38. The first-order chi connectivity index (χ1) is 14.1. The Balaban J connectivity index is 1.54. The monoisotopic (exact) mass is 414 g/mol. The van der Waals surface area contributed by atoms with E-state index in [4.69, 9.17) is 20.9 Å². The molecule has 1 aromatic carbocycles. The van der Waals surface area contributed by atoms with Crippen LogP contribution < -0.4 is 4.74 Å². The zero-order valence-electron chi connectivity index (χ0n) is 16.4. The highest BCUT2D eigenvalue weighted by molar-refractivity contribution is 6.30. The number of aromatic amines is 1. The normalized spacial score (nSPS) is 19.3. The van der Waals surface area contributed by atoms with Crippen molar-refractivity contribution >= 4 is 17.5 Å². The number of likely N-dealkylation sites (tertiary alicyclic amines) is 1. The van der Waals surface area contributed by atoms with Crippen LogP contribution in [0.1, 0.15) is 48.8 Å². The Labute approximate surface area is 174 Å². The molecule has 1 saturated heterocycles. The summed E-state index contributed by atoms with van der Waals surface area (Å²) in [5, 5.41) is 4.73. The van der Waals surface area contributed by atoms with Gasteiger partial charge in [0.15, 0.2) is 5.82 Å². The van der Waals surface area contributed by atoms with Crippen molar-refractivity contribution in [2.45, 2.75) is 38.6 Å². The van der Waals surface area contributed by atoms with Gasteiger partial charge in [0.1, 0.15) is 11.4 Å². The van der Waals surface area contributed by atoms with Gasteiger partial charge in [-0.1, -0.05) is 28.9 Å². The summed E-state index contributed by atoms with van der Waals surface area (Å²) in [5.74, 6) is 1.59. The molecule has 7 nitrogen and oxygen atoms in total. The molecule has 152 valence electrons. The van der Waals surface area contributed by atoms with Gasteiger partial charge in [0.2, 0.25) is 0 Å². The fourth-order valence-corrected chi connectivity index (χ4v) is 3.85. The van der Waals surface area contributed by atoms with Gasteiger partial charge in [-0.3, -0.25) is 4.79 Å². The van der Waals surface area contributed by atoms with Crippen LogP contribution in [0.5, 0.6) is 5.75 Å². The smallest absolute Gasteiger partial charge is 0.274 e. The third-order valence-corrected chi connectivity index (χ3v) is 5.46. The van der Waals surface area contributed by atoms with Crippen LogP contribution in [0.3, 0.4) is 0 Å². The molecular formula is C21H23ClN4O3. The van der Waals surface area contributed by atoms with Crippen LogP contribution >= 0.6 is 11.6 Å². The van der Waals surface area contributed by atoms with E-state index in [-0.39, 0.29) is 17.9 Å². The molecule has 2 atom stereocenters. The first-order valence-corrected chi connectivity index (χ1v) is 10.1. The molecule has 1 aliphatic rings. The summed E-state index contributed by atoms with van der Waals surface area (Å²) in [4.78, 5) is 22.7. The van der Waals surface area contributed by atoms with Crippen LogP contribution in [0.25, 0.3) is 11.6 Å². The average molecular weight is 415 g/mol. The highest BCUT2D eigenvalue weighted by Gasteiger charge is 2.33. The van der Waals surface area contributed by atoms with E-state index in [1.807, 2.05) is 36.1 Å². The number of nitrogens with one attached hydrogen (secondary N) is 1. The maximum atomic E-state index is 13.3. The lowest BCUT2D eigenvalue weighted by Gasteiger charge is -2.37. The Morgan fingerprint density at radius 2 is 2.21 bits per heavy atom. The number of ether oxygens (including phenoxy) is 1. The van der Waals surface area contributed by atoms with Gasteiger partial charge in [-0.05, 0) is 44.9 Å². The molecule has 2 aromatic heterocycles. The van der Waals surface area contributed by atoms with E-state index in [0.717, 1.165) is 12.8 Å². The van der Waals surface area contributed by atoms with Crippen molar-refractivity contribution in [1.82, 2.24) is 20.0 Å². The van der Waals surface area contributed by atoms with Gasteiger partial charge in [-0.2, -0.15) is 4.98 Å². The minimum atomic E-state index is -0.0360. The maximum absolute atomic E-state index is 13.3. The number of amides is 1. The number of para-hydroxylation sites is 1. The minimum absolute atomic E-state index is 0.0114. The van der Waals surface area contributed by atoms with E-state index in [0.29, 0.717) is 46.9 Å². The van der Waals surface area contributed by atoms with Crippen molar-refractivity contribution in [2.75, 3.05) is 13.2 Å². The van der Waals surface area contributed by atoms with Crippen LogP contribution in [0.15, 0.2) is 41.1 Å². The van der Waals surface area contributed by atoms with Crippen LogP contribution in [0.2, 0.25) is 5.02 Å². The third-order valence-electron chi connectivity index (χ3n) is 5.25. The van der Waals surface area contributed by atoms with E-state index in [1.165, 1.54) is 0 Å². The summed E-state index contributed by atoms with van der Waals surface area (Å²) in [6, 6.07) is 9.23. The van der Waals surface area contributed by atoms with Crippen LogP contribution in [-0.4, -0.2) is 45.1 Å². The summed E-state index contributed by atoms with van der Waals surface area (Å²) < 4.78 is 11.0. The van der Waals surface area contributed by atoms with Crippen molar-refractivity contribution in [3.8, 4) is 17.3 Å². The summed E-state index contributed by atoms with van der Waals surface area (Å²) in [5.41, 5.74) is 1.26. The Morgan fingerprint density at radius 3 is 2.97 bits per heavy atom. The van der Waals surface area contributed by atoms with E-state index in [1.54, 1.807) is 12.3 Å². The first-order valence-electron chi connectivity index (χ1n) is 9.77. The molecule has 3 heterocycles. The molecule has 1 amide bonds. The summed E-state index contributed by atoms with van der Waals surface area (Å²) >= 11 is 5.95. The predicted molar refractivity (Wildman–Crippen MR) is 109 cm³/mol. The number of hydrogen-bond acceptors (Lipinski definition) is 5. The lowest BCUT2D eigenvalue weighted by Crippen LogP contribution is -2.45. The first kappa shape index (κ1) is 19.5. The van der Waals surface area contributed by atoms with E-state index >= 15 is 0 Å². The topological polar surface area (TPSA) is 84.2 Å². The number of carbonyl (C=O) groups is 1. The molecule has 1 fully saturated rings. The Hall–Kier alpha value is -2.80. The van der Waals surface area contributed by atoms with Gasteiger partial charge in [0.25, 0.3) is 11.8 Å². The van der Waals surface area contributed by atoms with E-state index in [2.05, 4.69) is 22.0 Å². The number of benzene rings is 1. The molecule has 0 unspecified atom stereocenters. The number of piperidine rings is 1. The molecule has 0 aliphatic carbocycles. The Morgan fingerprint density at radius 1 is 1.38 bits per heavy atom. The van der Waals surface area contributed by atoms with Gasteiger partial charge >= 0.3 is 0 Å². The lowest BCUT2D eigenvalue weighted by atomic mass is 9.92. The zero-order valence-corrected chi connectivity index (χ0v) is 17.1. The molecule has 0 bridgehead atoms. The molecule has 8 heteroatoms. The van der Waals surface area contributed by atoms with Crippen LogP contribution in [0, 0.1) is 0 Å². The highest BCUT2D eigenvalue weighted by atomic mass is 35.5. The second-order valence-electron chi connectivity index (χ2n) is 7.20. The van der Waals surface area contributed by atoms with Crippen LogP contribution in [0.4, 0.5) is 0 Å². The number of rotatable bonds is 5. The Bertz CT molecular complexity index is 999. The second kappa shape index (κ2) is 8.29. The standard InChI is InChI=1S/C21H23ClN4O3/c1-3-28-18-7-5-4-6-16(18)21(27)26-12-14(9-8-13(26)2)19-24-20(29-25-19)17-10-15(22)11-23-17/h4-7,10-11,13-14,23H,3,8-9,12H2,1-2H3/t13-,14+/m1/s1. The number of H-pyrrole nitrogens is 1. The summed E-state index contributed by atoms with van der Waals surface area (Å²) in [6.45, 7) is 5.02. The quantitative estimate of drug-likeness (QED) is 0.663. The molecule has 0 saturated carbocycles. The molecule has 0 spiro atoms. The summed E-state index contributed by atoms with van der Waals surface area (Å²) in [7, 11) is 0. The van der Waals surface area contributed by atoms with E-state index < -0.39 is 0 Å². The molecule has 0 radical (unpaired) electrons. The highest BCUT2D eigenvalue weighted by Crippen LogP contribution is 2.32. The van der Waals surface area contributed by atoms with Crippen molar-refractivity contribution < 1.29 is 14.1 Å². The molecule has 1 aliphatic heterocycles. The number of halogens is 1. The van der Waals surface area contributed by atoms with Gasteiger partial charge in [-0.15, -0.1) is 0 Å². The third kappa shape index (κ3) is 4.00. The fourth-order valence-electron chi connectivity index (χ4n) is 3.68. The molecule has 4 rings (SSSR count). The predicted octanol–water partition coefficient (Wildman–Crippen LogP) is 4.53. The number of aromatic nitrogens is 3. The summed E-state index contributed by atoms with van der Waals surface area (Å²) in [6.07, 6.45) is 3.42. The molecule has 3 aromatic rings.